The van der Waals surface area contributed by atoms with E-state index >= 15 is 0 Å². The van der Waals surface area contributed by atoms with E-state index < -0.39 is 0 Å². The molecule has 2 aromatic carbocycles. The van der Waals surface area contributed by atoms with Gasteiger partial charge < -0.3 is 22.3 Å². The Hall–Kier alpha value is -2.47. The molecule has 2 rings (SSSR count). The second-order valence-corrected chi connectivity index (χ2v) is 5.01. The quantitative estimate of drug-likeness (QED) is 0.484. The Bertz CT molecular complexity index is 606. The number of carbonyl (C=O) groups excluding carboxylic acids is 1. The molecule has 0 saturated heterocycles. The SMILES string of the molecule is C=C(C)c1ccc(N)cc1.CCc1ccc(C(C)=O)cc1.CN.CN.CO. The standard InChI is InChI=1S/C10H12O.C9H11N.2CH5N.CH4O/c1-3-9-4-6-10(7-5-9)8(2)11;1-7(2)8-3-5-9(10)6-4-8;3*1-2/h4-7H,3H2,1-2H3;3-6H,1,10H2,2H3;2*2H2,1H3;2H,1H3. The maximum absolute atomic E-state index is 10.8. The summed E-state index contributed by atoms with van der Waals surface area (Å²) in [5.74, 6) is 0.132. The van der Waals surface area contributed by atoms with Crippen molar-refractivity contribution in [2.45, 2.75) is 27.2 Å². The van der Waals surface area contributed by atoms with Gasteiger partial charge in [0.1, 0.15) is 0 Å². The number of aliphatic hydroxyl groups excluding tert-OH is 1. The Morgan fingerprint density at radius 1 is 0.852 bits per heavy atom. The van der Waals surface area contributed by atoms with Gasteiger partial charge in [0.15, 0.2) is 5.78 Å². The predicted octanol–water partition coefficient (Wildman–Crippen LogP) is 3.51. The van der Waals surface area contributed by atoms with Gasteiger partial charge in [-0.25, -0.2) is 0 Å². The van der Waals surface area contributed by atoms with Gasteiger partial charge in [0, 0.05) is 18.4 Å². The van der Waals surface area contributed by atoms with E-state index in [-0.39, 0.29) is 5.78 Å². The highest BCUT2D eigenvalue weighted by Gasteiger charge is 1.96. The maximum Gasteiger partial charge on any atom is 0.159 e. The van der Waals surface area contributed by atoms with Gasteiger partial charge in [0.05, 0.1) is 0 Å². The second kappa shape index (κ2) is 19.8. The molecule has 152 valence electrons. The van der Waals surface area contributed by atoms with Gasteiger partial charge in [-0.15, -0.1) is 0 Å². The minimum absolute atomic E-state index is 0.132. The largest absolute Gasteiger partial charge is 0.400 e. The molecule has 27 heavy (non-hydrogen) atoms. The fraction of sp³-hybridized carbons (Fsp3) is 0.318. The van der Waals surface area contributed by atoms with Crippen molar-refractivity contribution in [3.8, 4) is 0 Å². The molecular formula is C22H37N3O2. The van der Waals surface area contributed by atoms with Crippen LogP contribution in [-0.4, -0.2) is 32.1 Å². The lowest BCUT2D eigenvalue weighted by atomic mass is 10.1. The third-order valence-electron chi connectivity index (χ3n) is 3.17. The Morgan fingerprint density at radius 2 is 1.22 bits per heavy atom. The molecule has 0 unspecified atom stereocenters. The first-order valence-electron chi connectivity index (χ1n) is 8.65. The zero-order chi connectivity index (χ0) is 21.8. The maximum atomic E-state index is 10.8. The van der Waals surface area contributed by atoms with Crippen molar-refractivity contribution >= 4 is 17.0 Å². The molecule has 0 bridgehead atoms. The number of nitrogen functional groups attached to an aromatic ring is 1. The monoisotopic (exact) mass is 375 g/mol. The van der Waals surface area contributed by atoms with Crippen LogP contribution in [0.25, 0.3) is 5.57 Å². The number of rotatable bonds is 3. The normalized spacial score (nSPS) is 8.04. The Kier molecular flexibility index (Phi) is 21.5. The molecule has 0 amide bonds. The summed E-state index contributed by atoms with van der Waals surface area (Å²) in [7, 11) is 4.00. The number of aryl methyl sites for hydroxylation is 1. The summed E-state index contributed by atoms with van der Waals surface area (Å²) in [4.78, 5) is 10.8. The second-order valence-electron chi connectivity index (χ2n) is 5.01. The van der Waals surface area contributed by atoms with E-state index in [1.165, 1.54) is 19.7 Å². The molecule has 0 aliphatic carbocycles. The van der Waals surface area contributed by atoms with Gasteiger partial charge in [-0.05, 0) is 57.6 Å². The van der Waals surface area contributed by atoms with E-state index in [1.807, 2.05) is 55.5 Å². The zero-order valence-electron chi connectivity index (χ0n) is 17.6. The molecule has 0 aromatic heterocycles. The van der Waals surface area contributed by atoms with Gasteiger partial charge >= 0.3 is 0 Å². The number of carbonyl (C=O) groups is 1. The van der Waals surface area contributed by atoms with Crippen molar-refractivity contribution in [3.05, 3.63) is 71.8 Å². The number of benzene rings is 2. The fourth-order valence-corrected chi connectivity index (χ4v) is 1.74. The molecule has 5 nitrogen and oxygen atoms in total. The Morgan fingerprint density at radius 3 is 1.52 bits per heavy atom. The summed E-state index contributed by atoms with van der Waals surface area (Å²) in [6.07, 6.45) is 1.03. The number of hydrogen-bond donors (Lipinski definition) is 4. The molecular weight excluding hydrogens is 338 g/mol. The van der Waals surface area contributed by atoms with Crippen LogP contribution in [0.15, 0.2) is 55.1 Å². The van der Waals surface area contributed by atoms with Crippen LogP contribution < -0.4 is 17.2 Å². The first-order valence-corrected chi connectivity index (χ1v) is 8.65. The van der Waals surface area contributed by atoms with E-state index in [2.05, 4.69) is 25.0 Å². The summed E-state index contributed by atoms with van der Waals surface area (Å²) in [5.41, 5.74) is 19.6. The van der Waals surface area contributed by atoms with Crippen molar-refractivity contribution in [2.24, 2.45) is 11.5 Å². The van der Waals surface area contributed by atoms with Crippen molar-refractivity contribution in [1.29, 1.82) is 0 Å². The average Bonchev–Trinajstić information content (AvgIpc) is 2.73. The fourth-order valence-electron chi connectivity index (χ4n) is 1.74. The predicted molar refractivity (Wildman–Crippen MR) is 120 cm³/mol. The van der Waals surface area contributed by atoms with E-state index in [0.29, 0.717) is 0 Å². The third kappa shape index (κ3) is 14.4. The first kappa shape index (κ1) is 29.3. The molecule has 0 atom stereocenters. The van der Waals surface area contributed by atoms with E-state index in [9.17, 15) is 4.79 Å². The molecule has 0 saturated carbocycles. The minimum atomic E-state index is 0.132. The number of hydrogen-bond acceptors (Lipinski definition) is 5. The van der Waals surface area contributed by atoms with Crippen molar-refractivity contribution in [3.63, 3.8) is 0 Å². The van der Waals surface area contributed by atoms with Crippen LogP contribution in [-0.2, 0) is 6.42 Å². The number of nitrogens with two attached hydrogens (primary N) is 3. The summed E-state index contributed by atoms with van der Waals surface area (Å²) >= 11 is 0. The Balaban J connectivity index is -0.000000335. The van der Waals surface area contributed by atoms with Crippen LogP contribution in [0.3, 0.4) is 0 Å². The topological polar surface area (TPSA) is 115 Å². The van der Waals surface area contributed by atoms with Crippen LogP contribution in [0.4, 0.5) is 5.69 Å². The van der Waals surface area contributed by atoms with Crippen LogP contribution in [0.5, 0.6) is 0 Å². The number of allylic oxidation sites excluding steroid dienone is 1. The van der Waals surface area contributed by atoms with Gasteiger partial charge in [-0.1, -0.05) is 55.5 Å². The first-order chi connectivity index (χ1) is 12.9. The lowest BCUT2D eigenvalue weighted by molar-refractivity contribution is 0.101. The molecule has 2 aromatic rings. The van der Waals surface area contributed by atoms with Gasteiger partial charge in [-0.2, -0.15) is 0 Å². The number of anilines is 1. The molecule has 0 heterocycles. The smallest absolute Gasteiger partial charge is 0.159 e. The number of Topliss-reactive ketones (excluding diaryl/α,β-unsaturated/α-hetero) is 1. The summed E-state index contributed by atoms with van der Waals surface area (Å²) in [6.45, 7) is 9.48. The lowest BCUT2D eigenvalue weighted by Crippen LogP contribution is -1.91. The lowest BCUT2D eigenvalue weighted by Gasteiger charge is -1.98. The van der Waals surface area contributed by atoms with Gasteiger partial charge in [-0.3, -0.25) is 4.79 Å². The highest BCUT2D eigenvalue weighted by Crippen LogP contribution is 2.12. The minimum Gasteiger partial charge on any atom is -0.400 e. The van der Waals surface area contributed by atoms with E-state index in [4.69, 9.17) is 10.8 Å². The highest BCUT2D eigenvalue weighted by atomic mass is 16.2. The molecule has 0 aliphatic heterocycles. The van der Waals surface area contributed by atoms with Crippen LogP contribution in [0, 0.1) is 0 Å². The van der Waals surface area contributed by atoms with Crippen molar-refractivity contribution < 1.29 is 9.90 Å². The van der Waals surface area contributed by atoms with Crippen LogP contribution in [0.1, 0.15) is 42.3 Å². The zero-order valence-corrected chi connectivity index (χ0v) is 17.6. The van der Waals surface area contributed by atoms with Crippen LogP contribution >= 0.6 is 0 Å². The van der Waals surface area contributed by atoms with E-state index in [0.717, 1.165) is 35.9 Å². The number of aliphatic hydroxyl groups is 1. The molecule has 5 heteroatoms. The molecule has 7 N–H and O–H groups in total. The average molecular weight is 376 g/mol. The number of ketones is 1. The molecule has 0 aliphatic rings. The van der Waals surface area contributed by atoms with Crippen molar-refractivity contribution in [1.82, 2.24) is 0 Å². The summed E-state index contributed by atoms with van der Waals surface area (Å²) < 4.78 is 0. The van der Waals surface area contributed by atoms with Gasteiger partial charge in [0.2, 0.25) is 0 Å². The van der Waals surface area contributed by atoms with E-state index in [1.54, 1.807) is 6.92 Å². The van der Waals surface area contributed by atoms with Gasteiger partial charge in [0.25, 0.3) is 0 Å². The molecule has 0 fully saturated rings. The molecule has 0 radical (unpaired) electrons. The van der Waals surface area contributed by atoms with Crippen LogP contribution in [0.2, 0.25) is 0 Å². The third-order valence-corrected chi connectivity index (χ3v) is 3.17. The van der Waals surface area contributed by atoms with Crippen molar-refractivity contribution in [2.75, 3.05) is 26.9 Å². The molecule has 0 spiro atoms. The summed E-state index contributed by atoms with van der Waals surface area (Å²) in [5, 5.41) is 7.00. The highest BCUT2D eigenvalue weighted by molar-refractivity contribution is 5.93. The summed E-state index contributed by atoms with van der Waals surface area (Å²) in [6, 6.07) is 15.4. The Labute approximate surface area is 164 Å².